The largest absolute Gasteiger partial charge is 0.481 e. The van der Waals surface area contributed by atoms with E-state index in [0.29, 0.717) is 0 Å². The first-order valence-corrected chi connectivity index (χ1v) is 3.29. The second kappa shape index (κ2) is 4.41. The van der Waals surface area contributed by atoms with Crippen molar-refractivity contribution in [1.29, 1.82) is 0 Å². The van der Waals surface area contributed by atoms with Crippen molar-refractivity contribution in [2.75, 3.05) is 0 Å². The molecule has 0 fully saturated rings. The van der Waals surface area contributed by atoms with Gasteiger partial charge in [-0.25, -0.2) is 0 Å². The molecule has 0 rings (SSSR count). The number of carboxylic acids is 3. The van der Waals surface area contributed by atoms with E-state index in [2.05, 4.69) is 0 Å². The number of hydrogen-bond donors (Lipinski definition) is 4. The van der Waals surface area contributed by atoms with Gasteiger partial charge in [0.1, 0.15) is 6.04 Å². The zero-order valence-corrected chi connectivity index (χ0v) is 6.51. The van der Waals surface area contributed by atoms with Crippen LogP contribution in [0.15, 0.2) is 0 Å². The molecule has 13 heavy (non-hydrogen) atoms. The summed E-state index contributed by atoms with van der Waals surface area (Å²) in [6, 6.07) is -1.70. The fourth-order valence-corrected chi connectivity index (χ4v) is 0.728. The third kappa shape index (κ3) is 3.52. The summed E-state index contributed by atoms with van der Waals surface area (Å²) in [5, 5.41) is 25.0. The molecule has 0 bridgehead atoms. The molecule has 5 N–H and O–H groups in total. The van der Waals surface area contributed by atoms with Crippen molar-refractivity contribution < 1.29 is 29.7 Å². The van der Waals surface area contributed by atoms with Crippen molar-refractivity contribution in [3.05, 3.63) is 0 Å². The number of carbonyl (C=O) groups is 3. The summed E-state index contributed by atoms with van der Waals surface area (Å²) in [4.78, 5) is 30.7. The van der Waals surface area contributed by atoms with Crippen LogP contribution in [0.25, 0.3) is 0 Å². The summed E-state index contributed by atoms with van der Waals surface area (Å²) in [7, 11) is 0. The van der Waals surface area contributed by atoms with Crippen molar-refractivity contribution in [2.45, 2.75) is 12.5 Å². The lowest BCUT2D eigenvalue weighted by Gasteiger charge is -2.13. The molecule has 2 atom stereocenters. The van der Waals surface area contributed by atoms with Gasteiger partial charge in [-0.3, -0.25) is 14.4 Å². The highest BCUT2D eigenvalue weighted by Crippen LogP contribution is 2.08. The molecular formula is C6H9NO6. The normalized spacial score (nSPS) is 14.5. The van der Waals surface area contributed by atoms with Gasteiger partial charge in [0.05, 0.1) is 12.3 Å². The van der Waals surface area contributed by atoms with Crippen LogP contribution >= 0.6 is 0 Å². The maximum atomic E-state index is 10.4. The first kappa shape index (κ1) is 11.4. The van der Waals surface area contributed by atoms with E-state index in [1.807, 2.05) is 0 Å². The molecule has 0 aromatic rings. The van der Waals surface area contributed by atoms with Crippen LogP contribution in [0.1, 0.15) is 6.42 Å². The SMILES string of the molecule is N[C@@H](C(=O)O)[C@H](CC(=O)O)C(=O)O. The van der Waals surface area contributed by atoms with Crippen LogP contribution < -0.4 is 5.73 Å². The van der Waals surface area contributed by atoms with Crippen molar-refractivity contribution >= 4 is 17.9 Å². The molecule has 0 amide bonds. The van der Waals surface area contributed by atoms with Crippen LogP contribution in [-0.4, -0.2) is 39.3 Å². The van der Waals surface area contributed by atoms with Gasteiger partial charge < -0.3 is 21.1 Å². The molecule has 0 aliphatic heterocycles. The first-order chi connectivity index (χ1) is 5.86. The van der Waals surface area contributed by atoms with E-state index >= 15 is 0 Å². The maximum absolute atomic E-state index is 10.4. The fraction of sp³-hybridized carbons (Fsp3) is 0.500. The molecule has 0 saturated carbocycles. The van der Waals surface area contributed by atoms with Crippen molar-refractivity contribution in [2.24, 2.45) is 11.7 Å². The average Bonchev–Trinajstić information content (AvgIpc) is 1.97. The molecule has 0 spiro atoms. The summed E-state index contributed by atoms with van der Waals surface area (Å²) in [6.45, 7) is 0. The molecule has 0 aromatic carbocycles. The Morgan fingerprint density at radius 1 is 1.08 bits per heavy atom. The zero-order chi connectivity index (χ0) is 10.6. The van der Waals surface area contributed by atoms with Gasteiger partial charge in [-0.2, -0.15) is 0 Å². The van der Waals surface area contributed by atoms with E-state index in [0.717, 1.165) is 0 Å². The van der Waals surface area contributed by atoms with Crippen LogP contribution in [0, 0.1) is 5.92 Å². The Bertz CT molecular complexity index is 237. The highest BCUT2D eigenvalue weighted by molar-refractivity contribution is 5.85. The lowest BCUT2D eigenvalue weighted by Crippen LogP contribution is -2.43. The Morgan fingerprint density at radius 3 is 1.77 bits per heavy atom. The van der Waals surface area contributed by atoms with Crippen LogP contribution in [0.3, 0.4) is 0 Å². The van der Waals surface area contributed by atoms with Gasteiger partial charge >= 0.3 is 17.9 Å². The number of rotatable bonds is 5. The van der Waals surface area contributed by atoms with E-state index in [1.165, 1.54) is 0 Å². The zero-order valence-electron chi connectivity index (χ0n) is 6.51. The third-order valence-electron chi connectivity index (χ3n) is 1.43. The monoisotopic (exact) mass is 191 g/mol. The first-order valence-electron chi connectivity index (χ1n) is 3.29. The highest BCUT2D eigenvalue weighted by Gasteiger charge is 2.32. The molecular weight excluding hydrogens is 182 g/mol. The Morgan fingerprint density at radius 2 is 1.54 bits per heavy atom. The summed E-state index contributed by atoms with van der Waals surface area (Å²) in [5.74, 6) is -6.06. The third-order valence-corrected chi connectivity index (χ3v) is 1.43. The molecule has 0 unspecified atom stereocenters. The van der Waals surface area contributed by atoms with Crippen molar-refractivity contribution in [3.63, 3.8) is 0 Å². The molecule has 0 aliphatic rings. The van der Waals surface area contributed by atoms with E-state index in [1.54, 1.807) is 0 Å². The van der Waals surface area contributed by atoms with Crippen LogP contribution in [0.2, 0.25) is 0 Å². The predicted octanol–water partition coefficient (Wildman–Crippen LogP) is -1.43. The van der Waals surface area contributed by atoms with Gasteiger partial charge in [-0.1, -0.05) is 0 Å². The van der Waals surface area contributed by atoms with E-state index in [4.69, 9.17) is 21.1 Å². The van der Waals surface area contributed by atoms with Gasteiger partial charge in [-0.05, 0) is 0 Å². The fourth-order valence-electron chi connectivity index (χ4n) is 0.728. The highest BCUT2D eigenvalue weighted by atomic mass is 16.4. The van der Waals surface area contributed by atoms with E-state index in [-0.39, 0.29) is 0 Å². The van der Waals surface area contributed by atoms with Gasteiger partial charge in [-0.15, -0.1) is 0 Å². The second-order valence-corrected chi connectivity index (χ2v) is 2.41. The minimum atomic E-state index is -1.70. The van der Waals surface area contributed by atoms with Gasteiger partial charge in [0.15, 0.2) is 0 Å². The molecule has 7 nitrogen and oxygen atoms in total. The van der Waals surface area contributed by atoms with E-state index < -0.39 is 36.3 Å². The van der Waals surface area contributed by atoms with Gasteiger partial charge in [0.2, 0.25) is 0 Å². The molecule has 0 aliphatic carbocycles. The number of hydrogen-bond acceptors (Lipinski definition) is 4. The molecule has 0 aromatic heterocycles. The minimum Gasteiger partial charge on any atom is -0.481 e. The summed E-state index contributed by atoms with van der Waals surface area (Å²) in [5.41, 5.74) is 4.97. The number of aliphatic carboxylic acids is 3. The average molecular weight is 191 g/mol. The molecule has 0 saturated heterocycles. The quantitative estimate of drug-likeness (QED) is 0.418. The maximum Gasteiger partial charge on any atom is 0.321 e. The second-order valence-electron chi connectivity index (χ2n) is 2.41. The van der Waals surface area contributed by atoms with Gasteiger partial charge in [0.25, 0.3) is 0 Å². The molecule has 0 heterocycles. The number of carboxylic acid groups (broad SMARTS) is 3. The van der Waals surface area contributed by atoms with Crippen LogP contribution in [0.4, 0.5) is 0 Å². The molecule has 0 radical (unpaired) electrons. The minimum absolute atomic E-state index is 0.803. The standard InChI is InChI=1S/C6H9NO6/c7-4(6(12)13)2(5(10)11)1-3(8)9/h2,4H,1,7H2,(H,8,9)(H,10,11)(H,12,13)/t2-,4+/m0/s1. The van der Waals surface area contributed by atoms with Crippen LogP contribution in [-0.2, 0) is 14.4 Å². The Hall–Kier alpha value is -1.63. The lowest BCUT2D eigenvalue weighted by molar-refractivity contribution is -0.153. The Kier molecular flexibility index (Phi) is 3.86. The lowest BCUT2D eigenvalue weighted by atomic mass is 9.97. The molecule has 7 heteroatoms. The van der Waals surface area contributed by atoms with Crippen LogP contribution in [0.5, 0.6) is 0 Å². The summed E-state index contributed by atoms with van der Waals surface area (Å²) >= 11 is 0. The van der Waals surface area contributed by atoms with Gasteiger partial charge in [0, 0.05) is 0 Å². The number of nitrogens with two attached hydrogens (primary N) is 1. The van der Waals surface area contributed by atoms with Crippen molar-refractivity contribution in [3.8, 4) is 0 Å². The Labute approximate surface area is 72.8 Å². The summed E-state index contributed by atoms with van der Waals surface area (Å²) < 4.78 is 0. The summed E-state index contributed by atoms with van der Waals surface area (Å²) in [6.07, 6.45) is -0.803. The smallest absolute Gasteiger partial charge is 0.321 e. The van der Waals surface area contributed by atoms with Crippen molar-refractivity contribution in [1.82, 2.24) is 0 Å². The Balaban J connectivity index is 4.51. The predicted molar refractivity (Wildman–Crippen MR) is 39.0 cm³/mol. The molecule has 74 valence electrons. The topological polar surface area (TPSA) is 138 Å². The van der Waals surface area contributed by atoms with E-state index in [9.17, 15) is 14.4 Å².